The van der Waals surface area contributed by atoms with E-state index < -0.39 is 0 Å². The molecule has 0 unspecified atom stereocenters. The lowest BCUT2D eigenvalue weighted by Crippen LogP contribution is -2.47. The average Bonchev–Trinajstić information content (AvgIpc) is 2.82. The minimum Gasteiger partial charge on any atom is -0.379 e. The second-order valence-electron chi connectivity index (χ2n) is 4.25. The van der Waals surface area contributed by atoms with Crippen molar-refractivity contribution < 1.29 is 9.53 Å². The fourth-order valence-corrected chi connectivity index (χ4v) is 2.38. The van der Waals surface area contributed by atoms with E-state index in [4.69, 9.17) is 4.74 Å². The Labute approximate surface area is 110 Å². The zero-order chi connectivity index (χ0) is 12.8. The quantitative estimate of drug-likeness (QED) is 0.856. The minimum absolute atomic E-state index is 0.100. The summed E-state index contributed by atoms with van der Waals surface area (Å²) >= 11 is 1.40. The number of thiazole rings is 1. The molecule has 1 aromatic heterocycles. The normalized spacial score (nSPS) is 18.3. The molecule has 1 aromatic rings. The number of hydrogen-bond donors (Lipinski definition) is 2. The standard InChI is InChI=1S/C11H18N4O2S/c1-9(8-15-3-5-17-6-4-15)13-10(16)14-11-12-2-7-18-11/h2,7,9H,3-6,8H2,1H3,(H2,12,13,14,16)/t9-/m1/s1. The summed E-state index contributed by atoms with van der Waals surface area (Å²) < 4.78 is 5.28. The number of amides is 2. The third-order valence-corrected chi connectivity index (χ3v) is 3.35. The molecule has 2 amide bonds. The minimum atomic E-state index is -0.203. The van der Waals surface area contributed by atoms with E-state index in [1.165, 1.54) is 11.3 Å². The van der Waals surface area contributed by atoms with E-state index in [9.17, 15) is 4.79 Å². The zero-order valence-corrected chi connectivity index (χ0v) is 11.2. The summed E-state index contributed by atoms with van der Waals surface area (Å²) in [6.45, 7) is 6.25. The third-order valence-electron chi connectivity index (χ3n) is 2.67. The Bertz CT molecular complexity index is 365. The van der Waals surface area contributed by atoms with Gasteiger partial charge in [-0.2, -0.15) is 0 Å². The summed E-state index contributed by atoms with van der Waals surface area (Å²) in [7, 11) is 0. The number of rotatable bonds is 4. The SMILES string of the molecule is C[C@H](CN1CCOCC1)NC(=O)Nc1nccs1. The van der Waals surface area contributed by atoms with Gasteiger partial charge in [0.2, 0.25) is 0 Å². The summed E-state index contributed by atoms with van der Waals surface area (Å²) in [5.74, 6) is 0. The number of anilines is 1. The van der Waals surface area contributed by atoms with Gasteiger partial charge in [-0.3, -0.25) is 10.2 Å². The monoisotopic (exact) mass is 270 g/mol. The number of nitrogens with one attached hydrogen (secondary N) is 2. The Morgan fingerprint density at radius 1 is 1.61 bits per heavy atom. The van der Waals surface area contributed by atoms with Crippen LogP contribution in [0.5, 0.6) is 0 Å². The lowest BCUT2D eigenvalue weighted by Gasteiger charge is -2.29. The molecule has 1 aliphatic heterocycles. The van der Waals surface area contributed by atoms with Crippen molar-refractivity contribution in [1.82, 2.24) is 15.2 Å². The molecule has 6 nitrogen and oxygen atoms in total. The van der Waals surface area contributed by atoms with Gasteiger partial charge in [0, 0.05) is 37.3 Å². The Morgan fingerprint density at radius 2 is 2.39 bits per heavy atom. The summed E-state index contributed by atoms with van der Waals surface area (Å²) in [6.07, 6.45) is 1.66. The van der Waals surface area contributed by atoms with E-state index in [1.807, 2.05) is 12.3 Å². The molecule has 1 saturated heterocycles. The van der Waals surface area contributed by atoms with Crippen LogP contribution in [0.15, 0.2) is 11.6 Å². The molecule has 18 heavy (non-hydrogen) atoms. The first kappa shape index (κ1) is 13.3. The first-order valence-electron chi connectivity index (χ1n) is 6.01. The van der Waals surface area contributed by atoms with Gasteiger partial charge >= 0.3 is 6.03 Å². The van der Waals surface area contributed by atoms with Crippen LogP contribution in [0.1, 0.15) is 6.92 Å². The summed E-state index contributed by atoms with van der Waals surface area (Å²) in [5.41, 5.74) is 0. The number of nitrogens with zero attached hydrogens (tertiary/aromatic N) is 2. The molecule has 0 aliphatic carbocycles. The fourth-order valence-electron chi connectivity index (χ4n) is 1.86. The van der Waals surface area contributed by atoms with E-state index in [-0.39, 0.29) is 12.1 Å². The van der Waals surface area contributed by atoms with Crippen LogP contribution < -0.4 is 10.6 Å². The zero-order valence-electron chi connectivity index (χ0n) is 10.4. The number of ether oxygens (including phenoxy) is 1. The molecule has 0 radical (unpaired) electrons. The van der Waals surface area contributed by atoms with Gasteiger partial charge in [0.1, 0.15) is 0 Å². The first-order valence-corrected chi connectivity index (χ1v) is 6.89. The van der Waals surface area contributed by atoms with E-state index in [2.05, 4.69) is 20.5 Å². The predicted molar refractivity (Wildman–Crippen MR) is 71.0 cm³/mol. The maximum atomic E-state index is 11.7. The van der Waals surface area contributed by atoms with Crippen molar-refractivity contribution in [3.8, 4) is 0 Å². The van der Waals surface area contributed by atoms with Crippen LogP contribution in [-0.4, -0.2) is 54.8 Å². The average molecular weight is 270 g/mol. The van der Waals surface area contributed by atoms with Gasteiger partial charge in [-0.15, -0.1) is 11.3 Å². The molecule has 1 atom stereocenters. The Balaban J connectivity index is 1.69. The molecule has 1 fully saturated rings. The molecular formula is C11H18N4O2S. The van der Waals surface area contributed by atoms with E-state index in [0.29, 0.717) is 5.13 Å². The van der Waals surface area contributed by atoms with Gasteiger partial charge < -0.3 is 10.1 Å². The molecule has 100 valence electrons. The molecule has 2 heterocycles. The number of hydrogen-bond acceptors (Lipinski definition) is 5. The lowest BCUT2D eigenvalue weighted by molar-refractivity contribution is 0.0350. The van der Waals surface area contributed by atoms with Crippen molar-refractivity contribution in [1.29, 1.82) is 0 Å². The molecule has 0 bridgehead atoms. The molecule has 0 spiro atoms. The van der Waals surface area contributed by atoms with Crippen molar-refractivity contribution in [3.63, 3.8) is 0 Å². The topological polar surface area (TPSA) is 66.5 Å². The third kappa shape index (κ3) is 4.25. The molecule has 7 heteroatoms. The Kier molecular flexibility index (Phi) is 4.91. The van der Waals surface area contributed by atoms with Gasteiger partial charge in [0.05, 0.1) is 13.2 Å². The first-order chi connectivity index (χ1) is 8.74. The van der Waals surface area contributed by atoms with Crippen LogP contribution in [0.2, 0.25) is 0 Å². The smallest absolute Gasteiger partial charge is 0.321 e. The summed E-state index contributed by atoms with van der Waals surface area (Å²) in [5, 5.41) is 8.05. The van der Waals surface area contributed by atoms with Gasteiger partial charge in [0.25, 0.3) is 0 Å². The predicted octanol–water partition coefficient (Wildman–Crippen LogP) is 0.985. The second kappa shape index (κ2) is 6.67. The highest BCUT2D eigenvalue weighted by molar-refractivity contribution is 7.13. The molecular weight excluding hydrogens is 252 g/mol. The van der Waals surface area contributed by atoms with E-state index in [1.54, 1.807) is 6.20 Å². The highest BCUT2D eigenvalue weighted by Crippen LogP contribution is 2.09. The number of morpholine rings is 1. The molecule has 1 aliphatic rings. The highest BCUT2D eigenvalue weighted by Gasteiger charge is 2.15. The maximum absolute atomic E-state index is 11.7. The molecule has 0 aromatic carbocycles. The number of carbonyl (C=O) groups is 1. The van der Waals surface area contributed by atoms with Crippen molar-refractivity contribution in [2.45, 2.75) is 13.0 Å². The van der Waals surface area contributed by atoms with Crippen LogP contribution in [-0.2, 0) is 4.74 Å². The van der Waals surface area contributed by atoms with Crippen LogP contribution >= 0.6 is 11.3 Å². The van der Waals surface area contributed by atoms with Crippen LogP contribution in [0, 0.1) is 0 Å². The number of aromatic nitrogens is 1. The molecule has 0 saturated carbocycles. The van der Waals surface area contributed by atoms with Crippen molar-refractivity contribution >= 4 is 22.5 Å². The fraction of sp³-hybridized carbons (Fsp3) is 0.636. The van der Waals surface area contributed by atoms with Crippen molar-refractivity contribution in [2.75, 3.05) is 38.2 Å². The molecule has 2 rings (SSSR count). The highest BCUT2D eigenvalue weighted by atomic mass is 32.1. The van der Waals surface area contributed by atoms with Crippen molar-refractivity contribution in [3.05, 3.63) is 11.6 Å². The summed E-state index contributed by atoms with van der Waals surface area (Å²) in [4.78, 5) is 18.0. The van der Waals surface area contributed by atoms with Gasteiger partial charge in [-0.05, 0) is 6.92 Å². The van der Waals surface area contributed by atoms with Crippen LogP contribution in [0.4, 0.5) is 9.93 Å². The summed E-state index contributed by atoms with van der Waals surface area (Å²) in [6, 6.07) is -0.103. The van der Waals surface area contributed by atoms with Crippen LogP contribution in [0.25, 0.3) is 0 Å². The largest absolute Gasteiger partial charge is 0.379 e. The van der Waals surface area contributed by atoms with Gasteiger partial charge in [-0.1, -0.05) is 0 Å². The second-order valence-corrected chi connectivity index (χ2v) is 5.14. The van der Waals surface area contributed by atoms with Crippen molar-refractivity contribution in [2.24, 2.45) is 0 Å². The lowest BCUT2D eigenvalue weighted by atomic mass is 10.3. The maximum Gasteiger partial charge on any atom is 0.321 e. The van der Waals surface area contributed by atoms with Gasteiger partial charge in [-0.25, -0.2) is 9.78 Å². The van der Waals surface area contributed by atoms with E-state index in [0.717, 1.165) is 32.8 Å². The number of urea groups is 1. The Hall–Kier alpha value is -1.18. The Morgan fingerprint density at radius 3 is 3.06 bits per heavy atom. The van der Waals surface area contributed by atoms with Crippen LogP contribution in [0.3, 0.4) is 0 Å². The van der Waals surface area contributed by atoms with Gasteiger partial charge in [0.15, 0.2) is 5.13 Å². The number of carbonyl (C=O) groups excluding carboxylic acids is 1. The van der Waals surface area contributed by atoms with E-state index >= 15 is 0 Å². The molecule has 2 N–H and O–H groups in total.